The van der Waals surface area contributed by atoms with Gasteiger partial charge in [-0.15, -0.1) is 0 Å². The van der Waals surface area contributed by atoms with Gasteiger partial charge < -0.3 is 5.11 Å². The Bertz CT molecular complexity index is 532. The summed E-state index contributed by atoms with van der Waals surface area (Å²) in [4.78, 5) is -0.600. The molecule has 1 aromatic rings. The molecule has 0 bridgehead atoms. The largest absolute Gasteiger partial charge is 0.396 e. The van der Waals surface area contributed by atoms with E-state index in [1.807, 2.05) is 0 Å². The second-order valence-electron chi connectivity index (χ2n) is 4.56. The molecule has 0 saturated heterocycles. The lowest BCUT2D eigenvalue weighted by atomic mass is 10.0. The molecule has 2 N–H and O–H groups in total. The molecule has 0 amide bonds. The first kappa shape index (κ1) is 16.0. The monoisotopic (exact) mass is 293 g/mol. The van der Waals surface area contributed by atoms with Gasteiger partial charge in [0.25, 0.3) is 0 Å². The van der Waals surface area contributed by atoms with Gasteiger partial charge in [0.05, 0.1) is 0 Å². The van der Waals surface area contributed by atoms with E-state index in [-0.39, 0.29) is 18.9 Å². The Morgan fingerprint density at radius 1 is 1.32 bits per heavy atom. The quantitative estimate of drug-likeness (QED) is 0.838. The fraction of sp³-hybridized carbons (Fsp3) is 0.500. The van der Waals surface area contributed by atoms with Crippen molar-refractivity contribution in [2.24, 2.45) is 5.92 Å². The Hall–Kier alpha value is -1.05. The molecule has 4 nitrogen and oxygen atoms in total. The van der Waals surface area contributed by atoms with Crippen LogP contribution in [0.15, 0.2) is 23.1 Å². The number of rotatable bonds is 6. The number of nitrogens with one attached hydrogen (secondary N) is 1. The number of benzene rings is 1. The van der Waals surface area contributed by atoms with Crippen molar-refractivity contribution in [1.82, 2.24) is 4.72 Å². The van der Waals surface area contributed by atoms with Gasteiger partial charge in [-0.05, 0) is 24.5 Å². The van der Waals surface area contributed by atoms with Crippen molar-refractivity contribution in [2.45, 2.75) is 31.2 Å². The first-order valence-corrected chi connectivity index (χ1v) is 7.34. The van der Waals surface area contributed by atoms with Gasteiger partial charge in [-0.2, -0.15) is 0 Å². The predicted molar refractivity (Wildman–Crippen MR) is 67.0 cm³/mol. The summed E-state index contributed by atoms with van der Waals surface area (Å²) >= 11 is 0. The summed E-state index contributed by atoms with van der Waals surface area (Å²) in [6, 6.07) is 1.77. The average molecular weight is 293 g/mol. The highest BCUT2D eigenvalue weighted by atomic mass is 32.2. The summed E-state index contributed by atoms with van der Waals surface area (Å²) < 4.78 is 52.6. The minimum atomic E-state index is -4.08. The van der Waals surface area contributed by atoms with Crippen molar-refractivity contribution in [2.75, 3.05) is 6.61 Å². The van der Waals surface area contributed by atoms with Gasteiger partial charge in [0.1, 0.15) is 16.5 Å². The molecular weight excluding hydrogens is 276 g/mol. The van der Waals surface area contributed by atoms with Crippen molar-refractivity contribution in [1.29, 1.82) is 0 Å². The Balaban J connectivity index is 3.03. The molecular formula is C12H17F2NO3S. The van der Waals surface area contributed by atoms with E-state index < -0.39 is 32.6 Å². The number of aliphatic hydroxyl groups is 1. The summed E-state index contributed by atoms with van der Waals surface area (Å²) in [6.45, 7) is 3.38. The summed E-state index contributed by atoms with van der Waals surface area (Å²) in [7, 11) is -4.08. The maximum Gasteiger partial charge on any atom is 0.243 e. The normalized spacial score (nSPS) is 13.8. The van der Waals surface area contributed by atoms with Crippen LogP contribution in [-0.4, -0.2) is 26.2 Å². The van der Waals surface area contributed by atoms with E-state index in [0.717, 1.165) is 12.1 Å². The van der Waals surface area contributed by atoms with Crippen molar-refractivity contribution in [3.63, 3.8) is 0 Å². The number of aliphatic hydroxyl groups excluding tert-OH is 1. The highest BCUT2D eigenvalue weighted by Crippen LogP contribution is 2.17. The predicted octanol–water partition coefficient (Wildman–Crippen LogP) is 1.65. The maximum absolute atomic E-state index is 13.5. The Labute approximate surface area is 111 Å². The highest BCUT2D eigenvalue weighted by Gasteiger charge is 2.24. The lowest BCUT2D eigenvalue weighted by Gasteiger charge is -2.21. The van der Waals surface area contributed by atoms with Gasteiger partial charge in [-0.1, -0.05) is 13.8 Å². The number of hydrogen-bond donors (Lipinski definition) is 2. The minimum absolute atomic E-state index is 0.0644. The topological polar surface area (TPSA) is 66.4 Å². The molecule has 0 fully saturated rings. The highest BCUT2D eigenvalue weighted by molar-refractivity contribution is 7.89. The molecule has 1 aromatic carbocycles. The standard InChI is InChI=1S/C12H17F2NO3S/c1-8(2)11(5-6-16)15-19(17,18)12-4-3-9(13)7-10(12)14/h3-4,7-8,11,15-16H,5-6H2,1-2H3. The van der Waals surface area contributed by atoms with Crippen LogP contribution in [0.5, 0.6) is 0 Å². The molecule has 1 rings (SSSR count). The van der Waals surface area contributed by atoms with E-state index in [2.05, 4.69) is 4.72 Å². The number of halogens is 2. The van der Waals surface area contributed by atoms with E-state index in [1.165, 1.54) is 0 Å². The molecule has 0 saturated carbocycles. The third-order valence-corrected chi connectivity index (χ3v) is 4.26. The summed E-state index contributed by atoms with van der Waals surface area (Å²) in [6.07, 6.45) is 0.222. The van der Waals surface area contributed by atoms with Gasteiger partial charge in [0.15, 0.2) is 0 Å². The van der Waals surface area contributed by atoms with E-state index in [4.69, 9.17) is 5.11 Å². The Kier molecular flexibility index (Phi) is 5.39. The Morgan fingerprint density at radius 3 is 2.42 bits per heavy atom. The third kappa shape index (κ3) is 4.22. The second-order valence-corrected chi connectivity index (χ2v) is 6.24. The smallest absolute Gasteiger partial charge is 0.243 e. The lowest BCUT2D eigenvalue weighted by molar-refractivity contribution is 0.256. The van der Waals surface area contributed by atoms with Crippen LogP contribution in [0.25, 0.3) is 0 Å². The van der Waals surface area contributed by atoms with Gasteiger partial charge in [-0.25, -0.2) is 21.9 Å². The van der Waals surface area contributed by atoms with Crippen LogP contribution in [0, 0.1) is 17.6 Å². The molecule has 7 heteroatoms. The molecule has 0 aromatic heterocycles. The van der Waals surface area contributed by atoms with Crippen LogP contribution in [0.1, 0.15) is 20.3 Å². The van der Waals surface area contributed by atoms with Gasteiger partial charge in [0.2, 0.25) is 10.0 Å². The van der Waals surface area contributed by atoms with Gasteiger partial charge >= 0.3 is 0 Å². The van der Waals surface area contributed by atoms with Crippen molar-refractivity contribution >= 4 is 10.0 Å². The fourth-order valence-electron chi connectivity index (χ4n) is 1.62. The van der Waals surface area contributed by atoms with Crippen LogP contribution < -0.4 is 4.72 Å². The SMILES string of the molecule is CC(C)C(CCO)NS(=O)(=O)c1ccc(F)cc1F. The zero-order valence-electron chi connectivity index (χ0n) is 10.7. The minimum Gasteiger partial charge on any atom is -0.396 e. The van der Waals surface area contributed by atoms with Crippen LogP contribution in [0.2, 0.25) is 0 Å². The van der Waals surface area contributed by atoms with Crippen molar-refractivity contribution in [3.8, 4) is 0 Å². The zero-order valence-corrected chi connectivity index (χ0v) is 11.5. The fourth-order valence-corrected chi connectivity index (χ4v) is 3.10. The van der Waals surface area contributed by atoms with Crippen LogP contribution in [0.3, 0.4) is 0 Å². The Morgan fingerprint density at radius 2 is 1.95 bits per heavy atom. The molecule has 108 valence electrons. The van der Waals surface area contributed by atoms with E-state index in [9.17, 15) is 17.2 Å². The zero-order chi connectivity index (χ0) is 14.6. The van der Waals surface area contributed by atoms with Crippen molar-refractivity contribution in [3.05, 3.63) is 29.8 Å². The maximum atomic E-state index is 13.5. The molecule has 19 heavy (non-hydrogen) atoms. The first-order valence-electron chi connectivity index (χ1n) is 5.86. The molecule has 0 spiro atoms. The third-order valence-electron chi connectivity index (χ3n) is 2.73. The molecule has 0 aliphatic rings. The molecule has 0 heterocycles. The molecule has 0 radical (unpaired) electrons. The van der Waals surface area contributed by atoms with E-state index in [1.54, 1.807) is 13.8 Å². The summed E-state index contributed by atoms with van der Waals surface area (Å²) in [5, 5.41) is 8.89. The second kappa shape index (κ2) is 6.40. The van der Waals surface area contributed by atoms with Crippen molar-refractivity contribution < 1.29 is 22.3 Å². The van der Waals surface area contributed by atoms with Gasteiger partial charge in [-0.3, -0.25) is 0 Å². The lowest BCUT2D eigenvalue weighted by Crippen LogP contribution is -2.39. The van der Waals surface area contributed by atoms with Crippen LogP contribution in [-0.2, 0) is 10.0 Å². The number of hydrogen-bond acceptors (Lipinski definition) is 3. The van der Waals surface area contributed by atoms with Gasteiger partial charge in [0, 0.05) is 18.7 Å². The van der Waals surface area contributed by atoms with E-state index >= 15 is 0 Å². The summed E-state index contributed by atoms with van der Waals surface area (Å²) in [5.74, 6) is -2.04. The van der Waals surface area contributed by atoms with E-state index in [0.29, 0.717) is 6.07 Å². The first-order chi connectivity index (χ1) is 8.77. The molecule has 0 aliphatic carbocycles. The van der Waals surface area contributed by atoms with Crippen LogP contribution in [0.4, 0.5) is 8.78 Å². The average Bonchev–Trinajstić information content (AvgIpc) is 2.27. The molecule has 0 aliphatic heterocycles. The number of sulfonamides is 1. The molecule has 1 atom stereocenters. The summed E-state index contributed by atoms with van der Waals surface area (Å²) in [5.41, 5.74) is 0. The molecule has 1 unspecified atom stereocenters. The van der Waals surface area contributed by atoms with Crippen LogP contribution >= 0.6 is 0 Å².